The van der Waals surface area contributed by atoms with Crippen molar-refractivity contribution in [3.05, 3.63) is 224 Å². The fourth-order valence-electron chi connectivity index (χ4n) is 9.80. The Balaban J connectivity index is 1.14. The van der Waals surface area contributed by atoms with Gasteiger partial charge in [0.1, 0.15) is 0 Å². The highest BCUT2D eigenvalue weighted by atomic mass is 15.1. The van der Waals surface area contributed by atoms with E-state index in [1.807, 2.05) is 0 Å². The monoisotopic (exact) mass is 765 g/mol. The third-order valence-corrected chi connectivity index (χ3v) is 12.4. The number of aromatic nitrogens is 2. The number of nitrogens with zero attached hydrogens (tertiary/aromatic N) is 3. The lowest BCUT2D eigenvalue weighted by Gasteiger charge is -2.28. The van der Waals surface area contributed by atoms with E-state index in [4.69, 9.17) is 0 Å². The lowest BCUT2D eigenvalue weighted by molar-refractivity contribution is 1.18. The summed E-state index contributed by atoms with van der Waals surface area (Å²) in [6.45, 7) is 2.22. The molecule has 12 rings (SSSR count). The summed E-state index contributed by atoms with van der Waals surface area (Å²) in [5.74, 6) is 0. The quantitative estimate of drug-likeness (QED) is 0.164. The molecule has 0 saturated heterocycles. The van der Waals surface area contributed by atoms with Crippen LogP contribution in [0.2, 0.25) is 0 Å². The number of benzene rings is 10. The Labute approximate surface area is 348 Å². The van der Waals surface area contributed by atoms with Gasteiger partial charge >= 0.3 is 0 Å². The Kier molecular flexibility index (Phi) is 7.76. The minimum absolute atomic E-state index is 1.10. The maximum atomic E-state index is 2.47. The van der Waals surface area contributed by atoms with Gasteiger partial charge in [0.2, 0.25) is 0 Å². The molecule has 0 bridgehead atoms. The van der Waals surface area contributed by atoms with Gasteiger partial charge < -0.3 is 14.0 Å². The largest absolute Gasteiger partial charge is 0.310 e. The second kappa shape index (κ2) is 13.6. The number of hydrogen-bond donors (Lipinski definition) is 0. The number of hydrogen-bond acceptors (Lipinski definition) is 1. The van der Waals surface area contributed by atoms with E-state index in [9.17, 15) is 0 Å². The smallest absolute Gasteiger partial charge is 0.0542 e. The van der Waals surface area contributed by atoms with Crippen LogP contribution in [0.1, 0.15) is 5.56 Å². The van der Waals surface area contributed by atoms with Crippen LogP contribution in [0.25, 0.3) is 87.7 Å². The molecule has 0 atom stereocenters. The molecule has 2 heterocycles. The lowest BCUT2D eigenvalue weighted by Crippen LogP contribution is -2.11. The SMILES string of the molecule is Cc1cccc2cccc(-c3ccc(N(c4ccc5c(c4)c4ccccc4n5-c4ccccc4)c4ccc5c(c4)c4ccccc4n5-c4ccccc4)c4ccccc34)c12. The van der Waals surface area contributed by atoms with E-state index in [1.54, 1.807) is 0 Å². The van der Waals surface area contributed by atoms with Crippen LogP contribution in [0.3, 0.4) is 0 Å². The van der Waals surface area contributed by atoms with Gasteiger partial charge in [-0.25, -0.2) is 0 Å². The van der Waals surface area contributed by atoms with Crippen molar-refractivity contribution in [2.45, 2.75) is 6.92 Å². The van der Waals surface area contributed by atoms with Crippen LogP contribution in [-0.2, 0) is 0 Å². The molecule has 0 amide bonds. The Morgan fingerprint density at radius 1 is 0.333 bits per heavy atom. The zero-order valence-electron chi connectivity index (χ0n) is 33.1. The highest BCUT2D eigenvalue weighted by Crippen LogP contribution is 2.46. The average molecular weight is 766 g/mol. The first-order valence-electron chi connectivity index (χ1n) is 20.7. The van der Waals surface area contributed by atoms with Crippen LogP contribution in [-0.4, -0.2) is 9.13 Å². The van der Waals surface area contributed by atoms with E-state index >= 15 is 0 Å². The predicted octanol–water partition coefficient (Wildman–Crippen LogP) is 15.6. The number of aryl methyl sites for hydroxylation is 1. The molecular weight excluding hydrogens is 727 g/mol. The second-order valence-electron chi connectivity index (χ2n) is 15.8. The molecule has 0 aliphatic heterocycles. The maximum Gasteiger partial charge on any atom is 0.0542 e. The molecular formula is C57H39N3. The lowest BCUT2D eigenvalue weighted by atomic mass is 9.91. The first kappa shape index (κ1) is 34.2. The van der Waals surface area contributed by atoms with Crippen LogP contribution in [0.5, 0.6) is 0 Å². The Morgan fingerprint density at radius 3 is 1.40 bits per heavy atom. The molecule has 0 N–H and O–H groups in total. The van der Waals surface area contributed by atoms with Crippen molar-refractivity contribution in [2.24, 2.45) is 0 Å². The van der Waals surface area contributed by atoms with Crippen molar-refractivity contribution in [3.8, 4) is 22.5 Å². The topological polar surface area (TPSA) is 13.1 Å². The molecule has 0 saturated carbocycles. The highest BCUT2D eigenvalue weighted by molar-refractivity contribution is 6.15. The number of fused-ring (bicyclic) bond motifs is 8. The molecule has 10 aromatic carbocycles. The summed E-state index contributed by atoms with van der Waals surface area (Å²) >= 11 is 0. The standard InChI is InChI=1S/C57H39N3/c1-38-16-14-17-39-18-15-27-49(57(38)39)45-32-35-54(46-24-9-8-23-44(45)46)58(42-30-33-55-50(36-42)47-25-10-12-28-52(47)59(55)40-19-4-2-5-20-40)43-31-34-56-51(37-43)48-26-11-13-29-53(48)60(56)41-21-6-3-7-22-41/h2-37H,1H3. The molecule has 2 aromatic heterocycles. The minimum Gasteiger partial charge on any atom is -0.310 e. The van der Waals surface area contributed by atoms with Crippen LogP contribution >= 0.6 is 0 Å². The molecule has 0 radical (unpaired) electrons. The van der Waals surface area contributed by atoms with Gasteiger partial charge in [0.25, 0.3) is 0 Å². The second-order valence-corrected chi connectivity index (χ2v) is 15.8. The van der Waals surface area contributed by atoms with Crippen molar-refractivity contribution < 1.29 is 0 Å². The molecule has 12 aromatic rings. The third kappa shape index (κ3) is 5.23. The third-order valence-electron chi connectivity index (χ3n) is 12.4. The molecule has 3 heteroatoms. The molecule has 60 heavy (non-hydrogen) atoms. The van der Waals surface area contributed by atoms with Gasteiger partial charge in [0.05, 0.1) is 27.8 Å². The van der Waals surface area contributed by atoms with E-state index in [0.29, 0.717) is 0 Å². The zero-order valence-corrected chi connectivity index (χ0v) is 33.1. The van der Waals surface area contributed by atoms with Gasteiger partial charge in [0, 0.05) is 49.7 Å². The molecule has 0 aliphatic rings. The number of rotatable bonds is 6. The van der Waals surface area contributed by atoms with Crippen LogP contribution in [0, 0.1) is 6.92 Å². The zero-order chi connectivity index (χ0) is 39.7. The van der Waals surface area contributed by atoms with Crippen LogP contribution < -0.4 is 4.90 Å². The first-order chi connectivity index (χ1) is 29.7. The predicted molar refractivity (Wildman–Crippen MR) is 255 cm³/mol. The van der Waals surface area contributed by atoms with E-state index in [2.05, 4.69) is 239 Å². The number of anilines is 3. The van der Waals surface area contributed by atoms with Gasteiger partial charge in [-0.05, 0) is 119 Å². The van der Waals surface area contributed by atoms with Gasteiger partial charge in [-0.2, -0.15) is 0 Å². The van der Waals surface area contributed by atoms with Gasteiger partial charge in [0.15, 0.2) is 0 Å². The Morgan fingerprint density at radius 2 is 0.817 bits per heavy atom. The minimum atomic E-state index is 1.10. The van der Waals surface area contributed by atoms with Crippen molar-refractivity contribution in [1.29, 1.82) is 0 Å². The van der Waals surface area contributed by atoms with E-state index in [1.165, 1.54) is 81.8 Å². The summed E-state index contributed by atoms with van der Waals surface area (Å²) in [6.07, 6.45) is 0. The van der Waals surface area contributed by atoms with Gasteiger partial charge in [-0.1, -0.05) is 140 Å². The van der Waals surface area contributed by atoms with E-state index < -0.39 is 0 Å². The summed E-state index contributed by atoms with van der Waals surface area (Å²) in [7, 11) is 0. The summed E-state index contributed by atoms with van der Waals surface area (Å²) in [5.41, 5.74) is 14.1. The van der Waals surface area contributed by atoms with E-state index in [0.717, 1.165) is 28.4 Å². The Hall–Kier alpha value is -7.88. The average Bonchev–Trinajstić information content (AvgIpc) is 3.82. The highest BCUT2D eigenvalue weighted by Gasteiger charge is 2.22. The first-order valence-corrected chi connectivity index (χ1v) is 20.7. The molecule has 282 valence electrons. The molecule has 0 aliphatic carbocycles. The van der Waals surface area contributed by atoms with Crippen molar-refractivity contribution >= 4 is 82.2 Å². The van der Waals surface area contributed by atoms with E-state index in [-0.39, 0.29) is 0 Å². The van der Waals surface area contributed by atoms with Crippen LogP contribution in [0.4, 0.5) is 17.1 Å². The van der Waals surface area contributed by atoms with Gasteiger partial charge in [-0.15, -0.1) is 0 Å². The molecule has 0 spiro atoms. The summed E-state index contributed by atoms with van der Waals surface area (Å²) < 4.78 is 4.78. The fraction of sp³-hybridized carbons (Fsp3) is 0.0175. The van der Waals surface area contributed by atoms with Crippen molar-refractivity contribution in [3.63, 3.8) is 0 Å². The number of para-hydroxylation sites is 4. The van der Waals surface area contributed by atoms with Crippen molar-refractivity contribution in [2.75, 3.05) is 4.90 Å². The molecule has 0 unspecified atom stereocenters. The van der Waals surface area contributed by atoms with Crippen LogP contribution in [0.15, 0.2) is 218 Å². The maximum absolute atomic E-state index is 2.47. The summed E-state index contributed by atoms with van der Waals surface area (Å²) in [5, 5.41) is 9.86. The van der Waals surface area contributed by atoms with Crippen molar-refractivity contribution in [1.82, 2.24) is 9.13 Å². The molecule has 0 fully saturated rings. The van der Waals surface area contributed by atoms with Gasteiger partial charge in [-0.3, -0.25) is 0 Å². The Bertz CT molecular complexity index is 3450. The summed E-state index contributed by atoms with van der Waals surface area (Å²) in [6, 6.07) is 79.9. The fourth-order valence-corrected chi connectivity index (χ4v) is 9.80. The summed E-state index contributed by atoms with van der Waals surface area (Å²) in [4.78, 5) is 2.47. The normalized spacial score (nSPS) is 11.8. The molecule has 3 nitrogen and oxygen atoms in total.